The van der Waals surface area contributed by atoms with Crippen molar-refractivity contribution in [1.82, 2.24) is 0 Å². The summed E-state index contributed by atoms with van der Waals surface area (Å²) in [6.45, 7) is 6.52. The van der Waals surface area contributed by atoms with Crippen LogP contribution in [0.15, 0.2) is 87.5 Å². The number of rotatable bonds is 3. The summed E-state index contributed by atoms with van der Waals surface area (Å²) in [7, 11) is -0.0427. The molecule has 0 amide bonds. The summed E-state index contributed by atoms with van der Waals surface area (Å²) >= 11 is 0. The summed E-state index contributed by atoms with van der Waals surface area (Å²) in [4.78, 5) is 4.17. The Morgan fingerprint density at radius 3 is 1.82 bits per heavy atom. The second-order valence-corrected chi connectivity index (χ2v) is 7.70. The first-order chi connectivity index (χ1) is 10.6. The molecule has 0 fully saturated rings. The zero-order valence-corrected chi connectivity index (χ0v) is 14.2. The average molecular weight is 305 g/mol. The maximum atomic E-state index is 2.29. The van der Waals surface area contributed by atoms with Gasteiger partial charge < -0.3 is 0 Å². The fourth-order valence-corrected chi connectivity index (χ4v) is 4.85. The first kappa shape index (κ1) is 14.9. The van der Waals surface area contributed by atoms with Gasteiger partial charge in [-0.25, -0.2) is 0 Å². The largest absolute Gasteiger partial charge is 0.169 e. The zero-order valence-electron chi connectivity index (χ0n) is 13.3. The highest BCUT2D eigenvalue weighted by Crippen LogP contribution is 2.33. The van der Waals surface area contributed by atoms with Crippen molar-refractivity contribution in [2.45, 2.75) is 35.5 Å². The monoisotopic (exact) mass is 305 g/mol. The molecule has 1 atom stereocenters. The van der Waals surface area contributed by atoms with Crippen LogP contribution in [0.2, 0.25) is 0 Å². The second kappa shape index (κ2) is 6.41. The molecule has 3 rings (SSSR count). The van der Waals surface area contributed by atoms with Crippen LogP contribution in [-0.2, 0) is 10.9 Å². The predicted octanol–water partition coefficient (Wildman–Crippen LogP) is 5.71. The van der Waals surface area contributed by atoms with Crippen LogP contribution in [0.1, 0.15) is 16.7 Å². The predicted molar refractivity (Wildman–Crippen MR) is 95.7 cm³/mol. The molecule has 0 radical (unpaired) electrons. The van der Waals surface area contributed by atoms with Gasteiger partial charge in [0, 0.05) is 5.56 Å². The first-order valence-corrected chi connectivity index (χ1v) is 8.81. The molecule has 3 aromatic rings. The van der Waals surface area contributed by atoms with Crippen LogP contribution in [0.4, 0.5) is 0 Å². The summed E-state index contributed by atoms with van der Waals surface area (Å²) in [5.41, 5.74) is 4.00. The Hall–Kier alpha value is -1.99. The Morgan fingerprint density at radius 2 is 1.18 bits per heavy atom. The van der Waals surface area contributed by atoms with E-state index in [2.05, 4.69) is 93.6 Å². The minimum absolute atomic E-state index is 0.0427. The molecular formula is C21H21S+. The second-order valence-electron chi connectivity index (χ2n) is 5.70. The summed E-state index contributed by atoms with van der Waals surface area (Å²) < 4.78 is 0. The molecule has 0 saturated carbocycles. The van der Waals surface area contributed by atoms with E-state index < -0.39 is 0 Å². The normalized spacial score (nSPS) is 12.1. The van der Waals surface area contributed by atoms with Crippen LogP contribution < -0.4 is 0 Å². The number of hydrogen-bond donors (Lipinski definition) is 0. The van der Waals surface area contributed by atoms with Gasteiger partial charge in [-0.2, -0.15) is 0 Å². The third kappa shape index (κ3) is 3.10. The maximum absolute atomic E-state index is 2.29. The Morgan fingerprint density at radius 1 is 0.591 bits per heavy atom. The van der Waals surface area contributed by atoms with Crippen molar-refractivity contribution in [3.8, 4) is 0 Å². The van der Waals surface area contributed by atoms with Crippen molar-refractivity contribution in [3.05, 3.63) is 89.5 Å². The lowest BCUT2D eigenvalue weighted by Gasteiger charge is -2.11. The van der Waals surface area contributed by atoms with Crippen LogP contribution in [0.5, 0.6) is 0 Å². The Balaban J connectivity index is 2.17. The molecule has 3 aromatic carbocycles. The van der Waals surface area contributed by atoms with E-state index in [0.717, 1.165) is 0 Å². The van der Waals surface area contributed by atoms with E-state index in [1.165, 1.54) is 31.4 Å². The van der Waals surface area contributed by atoms with Crippen LogP contribution in [0.25, 0.3) is 0 Å². The molecule has 22 heavy (non-hydrogen) atoms. The van der Waals surface area contributed by atoms with Crippen molar-refractivity contribution in [1.29, 1.82) is 0 Å². The van der Waals surface area contributed by atoms with Crippen molar-refractivity contribution >= 4 is 10.9 Å². The van der Waals surface area contributed by atoms with E-state index in [0.29, 0.717) is 0 Å². The van der Waals surface area contributed by atoms with Crippen LogP contribution in [0.3, 0.4) is 0 Å². The lowest BCUT2D eigenvalue weighted by atomic mass is 10.2. The van der Waals surface area contributed by atoms with Gasteiger partial charge in [0.25, 0.3) is 0 Å². The molecule has 0 spiro atoms. The molecule has 0 aliphatic rings. The van der Waals surface area contributed by atoms with Crippen LogP contribution in [-0.4, -0.2) is 0 Å². The van der Waals surface area contributed by atoms with Gasteiger partial charge >= 0.3 is 0 Å². The summed E-state index contributed by atoms with van der Waals surface area (Å²) in [5.74, 6) is 0. The topological polar surface area (TPSA) is 0 Å². The fourth-order valence-electron chi connectivity index (χ4n) is 2.65. The third-order valence-electron chi connectivity index (χ3n) is 3.79. The zero-order chi connectivity index (χ0) is 15.5. The van der Waals surface area contributed by atoms with Gasteiger partial charge in [0.05, 0.1) is 10.9 Å². The SMILES string of the molecule is Cc1ccc([S+](c2ccccc2)c2ccc(C)cc2C)cc1. The van der Waals surface area contributed by atoms with Gasteiger partial charge in [0.1, 0.15) is 0 Å². The quantitative estimate of drug-likeness (QED) is 0.544. The molecule has 1 heteroatoms. The van der Waals surface area contributed by atoms with Gasteiger partial charge in [0.15, 0.2) is 14.7 Å². The van der Waals surface area contributed by atoms with E-state index in [4.69, 9.17) is 0 Å². The van der Waals surface area contributed by atoms with E-state index >= 15 is 0 Å². The molecule has 0 aromatic heterocycles. The van der Waals surface area contributed by atoms with Gasteiger partial charge in [-0.05, 0) is 51.1 Å². The molecule has 110 valence electrons. The highest BCUT2D eigenvalue weighted by atomic mass is 32.2. The first-order valence-electron chi connectivity index (χ1n) is 7.58. The molecule has 0 N–H and O–H groups in total. The lowest BCUT2D eigenvalue weighted by Crippen LogP contribution is -2.06. The van der Waals surface area contributed by atoms with Gasteiger partial charge in [0.2, 0.25) is 0 Å². The lowest BCUT2D eigenvalue weighted by molar-refractivity contribution is 1.22. The van der Waals surface area contributed by atoms with E-state index in [9.17, 15) is 0 Å². The summed E-state index contributed by atoms with van der Waals surface area (Å²) in [6.07, 6.45) is 0. The Labute approximate surface area is 136 Å². The molecule has 1 unspecified atom stereocenters. The van der Waals surface area contributed by atoms with Crippen molar-refractivity contribution in [3.63, 3.8) is 0 Å². The number of aryl methyl sites for hydroxylation is 3. The minimum atomic E-state index is -0.0427. The van der Waals surface area contributed by atoms with Crippen molar-refractivity contribution < 1.29 is 0 Å². The molecule has 0 bridgehead atoms. The van der Waals surface area contributed by atoms with E-state index in [-0.39, 0.29) is 10.9 Å². The number of benzene rings is 3. The van der Waals surface area contributed by atoms with E-state index in [1.54, 1.807) is 0 Å². The smallest absolute Gasteiger partial charge is 0.0619 e. The van der Waals surface area contributed by atoms with Crippen molar-refractivity contribution in [2.24, 2.45) is 0 Å². The maximum Gasteiger partial charge on any atom is 0.169 e. The van der Waals surface area contributed by atoms with Gasteiger partial charge in [-0.1, -0.05) is 53.6 Å². The summed E-state index contributed by atoms with van der Waals surface area (Å²) in [6, 6.07) is 26.6. The fraction of sp³-hybridized carbons (Fsp3) is 0.143. The number of hydrogen-bond acceptors (Lipinski definition) is 0. The molecule has 0 nitrogen and oxygen atoms in total. The standard InChI is InChI=1S/C21H21S/c1-16-9-12-20(13-10-16)22(19-7-5-4-6-8-19)21-14-11-17(2)15-18(21)3/h4-15H,1-3H3/q+1. The molecule has 0 aliphatic heterocycles. The highest BCUT2D eigenvalue weighted by molar-refractivity contribution is 7.97. The average Bonchev–Trinajstić information content (AvgIpc) is 2.52. The van der Waals surface area contributed by atoms with Gasteiger partial charge in [-0.3, -0.25) is 0 Å². The minimum Gasteiger partial charge on any atom is -0.0619 e. The Kier molecular flexibility index (Phi) is 4.35. The highest BCUT2D eigenvalue weighted by Gasteiger charge is 2.29. The van der Waals surface area contributed by atoms with Crippen LogP contribution >= 0.6 is 0 Å². The Bertz CT molecular complexity index is 758. The van der Waals surface area contributed by atoms with Crippen molar-refractivity contribution in [2.75, 3.05) is 0 Å². The van der Waals surface area contributed by atoms with Crippen LogP contribution in [0, 0.1) is 20.8 Å². The molecule has 0 heterocycles. The third-order valence-corrected chi connectivity index (χ3v) is 6.17. The summed E-state index contributed by atoms with van der Waals surface area (Å²) in [5, 5.41) is 0. The van der Waals surface area contributed by atoms with E-state index in [1.807, 2.05) is 0 Å². The molecular weight excluding hydrogens is 284 g/mol. The van der Waals surface area contributed by atoms with Gasteiger partial charge in [-0.15, -0.1) is 0 Å². The molecule has 0 saturated heterocycles. The molecule has 0 aliphatic carbocycles.